The third-order valence-corrected chi connectivity index (χ3v) is 4.08. The lowest BCUT2D eigenvalue weighted by molar-refractivity contribution is 0.0986. The highest BCUT2D eigenvalue weighted by Crippen LogP contribution is 2.36. The predicted octanol–water partition coefficient (Wildman–Crippen LogP) is 4.20. The van der Waals surface area contributed by atoms with Crippen LogP contribution in [-0.2, 0) is 14.2 Å². The molecule has 146 valence electrons. The van der Waals surface area contributed by atoms with Crippen molar-refractivity contribution in [1.29, 1.82) is 0 Å². The minimum absolute atomic E-state index is 0.0398. The van der Waals surface area contributed by atoms with Crippen LogP contribution in [0.15, 0.2) is 54.0 Å². The molecule has 2 aromatic rings. The van der Waals surface area contributed by atoms with Crippen molar-refractivity contribution >= 4 is 22.6 Å². The van der Waals surface area contributed by atoms with Gasteiger partial charge in [0, 0.05) is 30.5 Å². The Hall–Kier alpha value is -2.35. The maximum Gasteiger partial charge on any atom is 0.169 e. The zero-order valence-corrected chi connectivity index (χ0v) is 16.1. The second kappa shape index (κ2) is 9.55. The molecule has 27 heavy (non-hydrogen) atoms. The van der Waals surface area contributed by atoms with Crippen molar-refractivity contribution < 1.29 is 23.7 Å². The number of ether oxygens (including phenoxy) is 3. The molecule has 2 aromatic heterocycles. The van der Waals surface area contributed by atoms with Gasteiger partial charge in [0.05, 0.1) is 24.3 Å². The highest BCUT2D eigenvalue weighted by atomic mass is 35.5. The molecule has 0 bridgehead atoms. The maximum absolute atomic E-state index is 14.4. The second-order valence-electron chi connectivity index (χ2n) is 5.54. The van der Waals surface area contributed by atoms with Crippen LogP contribution >= 0.6 is 11.6 Å². The number of aliphatic hydroxyl groups is 1. The van der Waals surface area contributed by atoms with Crippen LogP contribution in [0.25, 0.3) is 11.0 Å². The molecular weight excluding hydrogens is 375 g/mol. The molecule has 0 aliphatic rings. The summed E-state index contributed by atoms with van der Waals surface area (Å²) >= 11 is 6.00. The number of H-pyrrole nitrogens is 1. The third kappa shape index (κ3) is 4.68. The highest BCUT2D eigenvalue weighted by Gasteiger charge is 2.27. The molecule has 1 unspecified atom stereocenters. The SMILES string of the molecule is C=C(F)/C(=C(OC)\C(=C/C)OCCOC)C(O)c1c[nH]c2ncc(Cl)cc12. The first kappa shape index (κ1) is 21.0. The van der Waals surface area contributed by atoms with Gasteiger partial charge in [0.25, 0.3) is 0 Å². The summed E-state index contributed by atoms with van der Waals surface area (Å²) in [5.74, 6) is -0.547. The largest absolute Gasteiger partial charge is 0.492 e. The first-order valence-electron chi connectivity index (χ1n) is 8.16. The number of methoxy groups -OCH3 is 2. The van der Waals surface area contributed by atoms with Gasteiger partial charge in [-0.05, 0) is 19.1 Å². The van der Waals surface area contributed by atoms with Crippen molar-refractivity contribution in [2.24, 2.45) is 0 Å². The molecule has 8 heteroatoms. The van der Waals surface area contributed by atoms with Crippen LogP contribution in [-0.4, -0.2) is 42.5 Å². The monoisotopic (exact) mass is 396 g/mol. The molecule has 2 rings (SSSR count). The third-order valence-electron chi connectivity index (χ3n) is 3.87. The number of hydrogen-bond donors (Lipinski definition) is 2. The number of aromatic amines is 1. The lowest BCUT2D eigenvalue weighted by atomic mass is 9.99. The molecule has 0 aromatic carbocycles. The zero-order valence-electron chi connectivity index (χ0n) is 15.4. The topological polar surface area (TPSA) is 76.6 Å². The molecular formula is C19H22ClFN2O4. The van der Waals surface area contributed by atoms with Crippen molar-refractivity contribution in [1.82, 2.24) is 9.97 Å². The van der Waals surface area contributed by atoms with Gasteiger partial charge in [0.1, 0.15) is 24.2 Å². The van der Waals surface area contributed by atoms with E-state index in [-0.39, 0.29) is 23.7 Å². The molecule has 0 fully saturated rings. The Kier molecular flexibility index (Phi) is 7.41. The molecule has 0 saturated heterocycles. The van der Waals surface area contributed by atoms with Crippen molar-refractivity contribution in [3.63, 3.8) is 0 Å². The van der Waals surface area contributed by atoms with Crippen molar-refractivity contribution in [2.45, 2.75) is 13.0 Å². The second-order valence-corrected chi connectivity index (χ2v) is 5.98. The Bertz CT molecular complexity index is 876. The van der Waals surface area contributed by atoms with E-state index in [1.165, 1.54) is 19.5 Å². The number of rotatable bonds is 9. The molecule has 2 N–H and O–H groups in total. The zero-order chi connectivity index (χ0) is 20.0. The summed E-state index contributed by atoms with van der Waals surface area (Å²) in [6.07, 6.45) is 3.24. The Morgan fingerprint density at radius 2 is 2.19 bits per heavy atom. The van der Waals surface area contributed by atoms with Gasteiger partial charge in [0.2, 0.25) is 0 Å². The van der Waals surface area contributed by atoms with E-state index in [2.05, 4.69) is 16.5 Å². The predicted molar refractivity (Wildman–Crippen MR) is 102 cm³/mol. The Morgan fingerprint density at radius 3 is 2.78 bits per heavy atom. The van der Waals surface area contributed by atoms with Gasteiger partial charge in [-0.2, -0.15) is 0 Å². The molecule has 1 atom stereocenters. The van der Waals surface area contributed by atoms with Crippen LogP contribution in [0.2, 0.25) is 5.02 Å². The van der Waals surface area contributed by atoms with Crippen LogP contribution in [0.3, 0.4) is 0 Å². The lowest BCUT2D eigenvalue weighted by Gasteiger charge is -2.20. The Morgan fingerprint density at radius 1 is 1.44 bits per heavy atom. The first-order valence-corrected chi connectivity index (χ1v) is 8.54. The number of nitrogens with zero attached hydrogens (tertiary/aromatic N) is 1. The fourth-order valence-corrected chi connectivity index (χ4v) is 2.79. The number of aromatic nitrogens is 2. The summed E-state index contributed by atoms with van der Waals surface area (Å²) in [5, 5.41) is 11.9. The van der Waals surface area contributed by atoms with Crippen LogP contribution in [0.4, 0.5) is 4.39 Å². The minimum atomic E-state index is -1.38. The van der Waals surface area contributed by atoms with E-state index in [4.69, 9.17) is 25.8 Å². The fraction of sp³-hybridized carbons (Fsp3) is 0.316. The average molecular weight is 397 g/mol. The van der Waals surface area contributed by atoms with Gasteiger partial charge in [0.15, 0.2) is 11.5 Å². The molecule has 6 nitrogen and oxygen atoms in total. The van der Waals surface area contributed by atoms with Crippen LogP contribution in [0.5, 0.6) is 0 Å². The summed E-state index contributed by atoms with van der Waals surface area (Å²) < 4.78 is 30.2. The standard InChI is InChI=1S/C19H22ClFN2O4/c1-5-15(27-7-6-25-3)18(26-4)16(11(2)21)17(24)14-10-23-19-13(14)8-12(20)9-22-19/h5,8-10,17,24H,2,6-7H2,1,3-4H3,(H,22,23)/b15-5+,18-16-. The van der Waals surface area contributed by atoms with Crippen LogP contribution in [0, 0.1) is 0 Å². The molecule has 0 aliphatic carbocycles. The maximum atomic E-state index is 14.4. The van der Waals surface area contributed by atoms with E-state index in [9.17, 15) is 9.50 Å². The molecule has 0 spiro atoms. The van der Waals surface area contributed by atoms with E-state index in [0.29, 0.717) is 28.2 Å². The van der Waals surface area contributed by atoms with E-state index < -0.39 is 11.9 Å². The van der Waals surface area contributed by atoms with Gasteiger partial charge in [-0.1, -0.05) is 18.2 Å². The summed E-state index contributed by atoms with van der Waals surface area (Å²) in [6.45, 7) is 5.63. The molecule has 0 radical (unpaired) electrons. The summed E-state index contributed by atoms with van der Waals surface area (Å²) in [4.78, 5) is 7.07. The summed E-state index contributed by atoms with van der Waals surface area (Å²) in [5.41, 5.74) is 0.749. The minimum Gasteiger partial charge on any atom is -0.492 e. The van der Waals surface area contributed by atoms with Crippen molar-refractivity contribution in [3.8, 4) is 0 Å². The van der Waals surface area contributed by atoms with E-state index in [1.807, 2.05) is 0 Å². The quantitative estimate of drug-likeness (QED) is 0.377. The molecule has 2 heterocycles. The lowest BCUT2D eigenvalue weighted by Crippen LogP contribution is -2.11. The van der Waals surface area contributed by atoms with Gasteiger partial charge >= 0.3 is 0 Å². The number of allylic oxidation sites excluding steroid dienone is 1. The van der Waals surface area contributed by atoms with E-state index in [1.54, 1.807) is 26.2 Å². The number of pyridine rings is 1. The van der Waals surface area contributed by atoms with E-state index in [0.717, 1.165) is 0 Å². The smallest absolute Gasteiger partial charge is 0.169 e. The Labute approximate surface area is 161 Å². The first-order chi connectivity index (χ1) is 12.9. The molecule has 0 aliphatic heterocycles. The number of halogens is 2. The van der Waals surface area contributed by atoms with Gasteiger partial charge in [-0.15, -0.1) is 0 Å². The van der Waals surface area contributed by atoms with Gasteiger partial charge in [-0.3, -0.25) is 0 Å². The molecule has 0 amide bonds. The normalized spacial score (nSPS) is 14.1. The van der Waals surface area contributed by atoms with Gasteiger partial charge < -0.3 is 24.3 Å². The van der Waals surface area contributed by atoms with Crippen LogP contribution in [0.1, 0.15) is 18.6 Å². The number of fused-ring (bicyclic) bond motifs is 1. The average Bonchev–Trinajstić information content (AvgIpc) is 3.06. The Balaban J connectivity index is 2.53. The van der Waals surface area contributed by atoms with Gasteiger partial charge in [-0.25, -0.2) is 9.37 Å². The number of nitrogens with one attached hydrogen (secondary N) is 1. The van der Waals surface area contributed by atoms with E-state index >= 15 is 0 Å². The number of hydrogen-bond acceptors (Lipinski definition) is 5. The van der Waals surface area contributed by atoms with Crippen LogP contribution < -0.4 is 0 Å². The summed E-state index contributed by atoms with van der Waals surface area (Å²) in [7, 11) is 2.91. The van der Waals surface area contributed by atoms with Crippen molar-refractivity contribution in [3.05, 3.63) is 64.6 Å². The number of aliphatic hydroxyl groups excluding tert-OH is 1. The molecule has 0 saturated carbocycles. The summed E-state index contributed by atoms with van der Waals surface area (Å²) in [6, 6.07) is 1.63. The highest BCUT2D eigenvalue weighted by molar-refractivity contribution is 6.31. The fourth-order valence-electron chi connectivity index (χ4n) is 2.63. The van der Waals surface area contributed by atoms with Crippen molar-refractivity contribution in [2.75, 3.05) is 27.4 Å².